The minimum atomic E-state index is -0.138. The van der Waals surface area contributed by atoms with Gasteiger partial charge >= 0.3 is 0 Å². The molecule has 2 rings (SSSR count). The summed E-state index contributed by atoms with van der Waals surface area (Å²) in [4.78, 5) is 25.3. The van der Waals surface area contributed by atoms with Gasteiger partial charge in [0, 0.05) is 24.8 Å². The Labute approximate surface area is 153 Å². The van der Waals surface area contributed by atoms with Crippen LogP contribution in [0.4, 0.5) is 11.4 Å². The standard InChI is InChI=1S/C20H22N4O2/c1-3-24(13-17-6-4-5-16(11-17)12-21)14-20(26)23-19-9-7-18(8-10-19)22-15(2)25/h4-11H,3,13-14H2,1-2H3,(H,22,25)(H,23,26). The van der Waals surface area contributed by atoms with Gasteiger partial charge in [-0.1, -0.05) is 19.1 Å². The van der Waals surface area contributed by atoms with Crippen LogP contribution in [0, 0.1) is 11.3 Å². The second kappa shape index (κ2) is 9.35. The van der Waals surface area contributed by atoms with Gasteiger partial charge in [-0.3, -0.25) is 14.5 Å². The summed E-state index contributed by atoms with van der Waals surface area (Å²) < 4.78 is 0. The number of likely N-dealkylation sites (N-methyl/N-ethyl adjacent to an activating group) is 1. The van der Waals surface area contributed by atoms with Gasteiger partial charge in [0.05, 0.1) is 18.2 Å². The summed E-state index contributed by atoms with van der Waals surface area (Å²) in [7, 11) is 0. The molecular formula is C20H22N4O2. The van der Waals surface area contributed by atoms with Crippen molar-refractivity contribution in [2.24, 2.45) is 0 Å². The van der Waals surface area contributed by atoms with Crippen molar-refractivity contribution in [2.75, 3.05) is 23.7 Å². The zero-order valence-electron chi connectivity index (χ0n) is 15.0. The molecule has 0 aliphatic heterocycles. The van der Waals surface area contributed by atoms with E-state index in [1.54, 1.807) is 30.3 Å². The summed E-state index contributed by atoms with van der Waals surface area (Å²) in [6, 6.07) is 16.5. The molecule has 0 aromatic heterocycles. The molecule has 0 heterocycles. The maximum atomic E-state index is 12.3. The lowest BCUT2D eigenvalue weighted by Crippen LogP contribution is -2.32. The predicted molar refractivity (Wildman–Crippen MR) is 101 cm³/mol. The third-order valence-corrected chi connectivity index (χ3v) is 3.77. The van der Waals surface area contributed by atoms with E-state index in [9.17, 15) is 9.59 Å². The van der Waals surface area contributed by atoms with Gasteiger partial charge in [0.1, 0.15) is 0 Å². The quantitative estimate of drug-likeness (QED) is 0.804. The molecule has 26 heavy (non-hydrogen) atoms. The van der Waals surface area contributed by atoms with Gasteiger partial charge in [0.2, 0.25) is 11.8 Å². The molecule has 2 amide bonds. The number of rotatable bonds is 7. The number of hydrogen-bond donors (Lipinski definition) is 2. The number of hydrogen-bond acceptors (Lipinski definition) is 4. The molecule has 0 bridgehead atoms. The van der Waals surface area contributed by atoms with Crippen LogP contribution in [0.1, 0.15) is 25.0 Å². The largest absolute Gasteiger partial charge is 0.326 e. The Morgan fingerprint density at radius 3 is 2.31 bits per heavy atom. The monoisotopic (exact) mass is 350 g/mol. The Kier molecular flexibility index (Phi) is 6.89. The molecule has 2 aromatic rings. The Morgan fingerprint density at radius 2 is 1.73 bits per heavy atom. The maximum Gasteiger partial charge on any atom is 0.238 e. The van der Waals surface area contributed by atoms with Gasteiger partial charge in [-0.15, -0.1) is 0 Å². The van der Waals surface area contributed by atoms with Crippen LogP contribution in [0.2, 0.25) is 0 Å². The van der Waals surface area contributed by atoms with E-state index in [0.29, 0.717) is 30.0 Å². The third-order valence-electron chi connectivity index (χ3n) is 3.77. The first-order chi connectivity index (χ1) is 12.5. The highest BCUT2D eigenvalue weighted by atomic mass is 16.2. The van der Waals surface area contributed by atoms with E-state index in [1.165, 1.54) is 6.92 Å². The second-order valence-electron chi connectivity index (χ2n) is 5.92. The number of nitrogens with one attached hydrogen (secondary N) is 2. The predicted octanol–water partition coefficient (Wildman–Crippen LogP) is 2.98. The highest BCUT2D eigenvalue weighted by molar-refractivity contribution is 5.93. The SMILES string of the molecule is CCN(CC(=O)Nc1ccc(NC(C)=O)cc1)Cc1cccc(C#N)c1. The normalized spacial score (nSPS) is 10.2. The van der Waals surface area contributed by atoms with Crippen LogP contribution in [0.3, 0.4) is 0 Å². The first-order valence-corrected chi connectivity index (χ1v) is 8.39. The molecule has 134 valence electrons. The minimum Gasteiger partial charge on any atom is -0.326 e. The topological polar surface area (TPSA) is 85.2 Å². The number of carbonyl (C=O) groups is 2. The smallest absolute Gasteiger partial charge is 0.238 e. The van der Waals surface area contributed by atoms with Crippen LogP contribution < -0.4 is 10.6 Å². The minimum absolute atomic E-state index is 0.115. The molecule has 2 aromatic carbocycles. The fourth-order valence-corrected chi connectivity index (χ4v) is 2.52. The van der Waals surface area contributed by atoms with Crippen molar-refractivity contribution < 1.29 is 9.59 Å². The number of carbonyl (C=O) groups excluding carboxylic acids is 2. The molecule has 0 saturated heterocycles. The van der Waals surface area contributed by atoms with E-state index < -0.39 is 0 Å². The van der Waals surface area contributed by atoms with Gasteiger partial charge in [-0.05, 0) is 48.5 Å². The number of anilines is 2. The molecule has 0 radical (unpaired) electrons. The van der Waals surface area contributed by atoms with Crippen molar-refractivity contribution >= 4 is 23.2 Å². The van der Waals surface area contributed by atoms with Crippen molar-refractivity contribution in [1.82, 2.24) is 4.90 Å². The summed E-state index contributed by atoms with van der Waals surface area (Å²) in [6.45, 7) is 5.00. The van der Waals surface area contributed by atoms with Crippen LogP contribution >= 0.6 is 0 Å². The number of benzene rings is 2. The third kappa shape index (κ3) is 6.04. The lowest BCUT2D eigenvalue weighted by atomic mass is 10.1. The average molecular weight is 350 g/mol. The molecule has 0 atom stereocenters. The van der Waals surface area contributed by atoms with Gasteiger partial charge < -0.3 is 10.6 Å². The highest BCUT2D eigenvalue weighted by Crippen LogP contribution is 2.14. The zero-order chi connectivity index (χ0) is 18.9. The van der Waals surface area contributed by atoms with Crippen molar-refractivity contribution in [3.63, 3.8) is 0 Å². The van der Waals surface area contributed by atoms with Crippen molar-refractivity contribution in [2.45, 2.75) is 20.4 Å². The molecule has 0 aliphatic rings. The first-order valence-electron chi connectivity index (χ1n) is 8.39. The van der Waals surface area contributed by atoms with E-state index >= 15 is 0 Å². The van der Waals surface area contributed by atoms with Crippen LogP contribution in [0.25, 0.3) is 0 Å². The zero-order valence-corrected chi connectivity index (χ0v) is 15.0. The Balaban J connectivity index is 1.92. The van der Waals surface area contributed by atoms with Crippen molar-refractivity contribution in [3.8, 4) is 6.07 Å². The summed E-state index contributed by atoms with van der Waals surface area (Å²) in [5, 5.41) is 14.5. The fourth-order valence-electron chi connectivity index (χ4n) is 2.52. The molecule has 6 heteroatoms. The van der Waals surface area contributed by atoms with Crippen LogP contribution in [0.15, 0.2) is 48.5 Å². The van der Waals surface area contributed by atoms with Crippen molar-refractivity contribution in [1.29, 1.82) is 5.26 Å². The van der Waals surface area contributed by atoms with E-state index in [1.807, 2.05) is 30.0 Å². The summed E-state index contributed by atoms with van der Waals surface area (Å²) >= 11 is 0. The average Bonchev–Trinajstić information content (AvgIpc) is 2.62. The molecule has 6 nitrogen and oxygen atoms in total. The van der Waals surface area contributed by atoms with Gasteiger partial charge in [0.25, 0.3) is 0 Å². The lowest BCUT2D eigenvalue weighted by Gasteiger charge is -2.20. The van der Waals surface area contributed by atoms with Crippen molar-refractivity contribution in [3.05, 3.63) is 59.7 Å². The first kappa shape index (κ1) is 19.2. The molecule has 0 spiro atoms. The maximum absolute atomic E-state index is 12.3. The molecule has 2 N–H and O–H groups in total. The summed E-state index contributed by atoms with van der Waals surface area (Å²) in [6.07, 6.45) is 0. The van der Waals surface area contributed by atoms with E-state index in [-0.39, 0.29) is 18.4 Å². The fraction of sp³-hybridized carbons (Fsp3) is 0.250. The Morgan fingerprint density at radius 1 is 1.08 bits per heavy atom. The van der Waals surface area contributed by atoms with E-state index in [4.69, 9.17) is 5.26 Å². The molecular weight excluding hydrogens is 328 g/mol. The Bertz CT molecular complexity index is 809. The second-order valence-corrected chi connectivity index (χ2v) is 5.92. The van der Waals surface area contributed by atoms with Crippen LogP contribution in [-0.2, 0) is 16.1 Å². The number of nitriles is 1. The lowest BCUT2D eigenvalue weighted by molar-refractivity contribution is -0.117. The summed E-state index contributed by atoms with van der Waals surface area (Å²) in [5.74, 6) is -0.253. The summed E-state index contributed by atoms with van der Waals surface area (Å²) in [5.41, 5.74) is 2.97. The van der Waals surface area contributed by atoms with Gasteiger partial charge in [-0.25, -0.2) is 0 Å². The van der Waals surface area contributed by atoms with Gasteiger partial charge in [-0.2, -0.15) is 5.26 Å². The highest BCUT2D eigenvalue weighted by Gasteiger charge is 2.10. The van der Waals surface area contributed by atoms with Crippen LogP contribution in [-0.4, -0.2) is 29.8 Å². The number of nitrogens with zero attached hydrogens (tertiary/aromatic N) is 2. The van der Waals surface area contributed by atoms with Crippen LogP contribution in [0.5, 0.6) is 0 Å². The van der Waals surface area contributed by atoms with Gasteiger partial charge in [0.15, 0.2) is 0 Å². The molecule has 0 saturated carbocycles. The van der Waals surface area contributed by atoms with E-state index in [2.05, 4.69) is 16.7 Å². The molecule has 0 fully saturated rings. The molecule has 0 unspecified atom stereocenters. The van der Waals surface area contributed by atoms with E-state index in [0.717, 1.165) is 5.56 Å². The Hall–Kier alpha value is -3.17. The molecule has 0 aliphatic carbocycles. The number of amides is 2.